The summed E-state index contributed by atoms with van der Waals surface area (Å²) in [6.45, 7) is 2.60. The van der Waals surface area contributed by atoms with E-state index in [1.165, 1.54) is 0 Å². The van der Waals surface area contributed by atoms with Gasteiger partial charge in [0.2, 0.25) is 0 Å². The van der Waals surface area contributed by atoms with E-state index in [2.05, 4.69) is 27.6 Å². The quantitative estimate of drug-likeness (QED) is 0.870. The highest BCUT2D eigenvalue weighted by molar-refractivity contribution is 5.74. The van der Waals surface area contributed by atoms with Crippen molar-refractivity contribution in [1.29, 1.82) is 0 Å². The predicted octanol–water partition coefficient (Wildman–Crippen LogP) is 1.04. The van der Waals surface area contributed by atoms with Crippen LogP contribution in [0.2, 0.25) is 0 Å². The van der Waals surface area contributed by atoms with Gasteiger partial charge in [0.1, 0.15) is 5.82 Å². The van der Waals surface area contributed by atoms with Gasteiger partial charge in [0, 0.05) is 32.9 Å². The molecule has 1 aromatic heterocycles. The van der Waals surface area contributed by atoms with E-state index in [4.69, 9.17) is 0 Å². The lowest BCUT2D eigenvalue weighted by Gasteiger charge is -2.29. The molecule has 1 fully saturated rings. The van der Waals surface area contributed by atoms with Crippen molar-refractivity contribution in [2.75, 3.05) is 39.1 Å². The van der Waals surface area contributed by atoms with E-state index in [1.54, 1.807) is 6.20 Å². The lowest BCUT2D eigenvalue weighted by Crippen LogP contribution is -2.46. The van der Waals surface area contributed by atoms with Crippen LogP contribution in [0.1, 0.15) is 18.4 Å². The number of hydrogen-bond donors (Lipinski definition) is 2. The van der Waals surface area contributed by atoms with Crippen LogP contribution in [0.4, 0.5) is 10.6 Å². The third-order valence-electron chi connectivity index (χ3n) is 3.77. The summed E-state index contributed by atoms with van der Waals surface area (Å²) in [5.74, 6) is 0.894. The molecule has 1 aliphatic rings. The Morgan fingerprint density at radius 1 is 1.43 bits per heavy atom. The van der Waals surface area contributed by atoms with Crippen molar-refractivity contribution < 1.29 is 4.79 Å². The molecule has 1 aliphatic heterocycles. The van der Waals surface area contributed by atoms with Crippen molar-refractivity contribution in [2.45, 2.75) is 25.4 Å². The molecule has 2 amide bonds. The van der Waals surface area contributed by atoms with Gasteiger partial charge < -0.3 is 20.4 Å². The molecule has 2 heterocycles. The van der Waals surface area contributed by atoms with E-state index >= 15 is 0 Å². The standard InChI is InChI=1S/C15H25N5O/c1-19(2)14-10-12(4-7-16-14)11-17-15(21)18-13-5-8-20(3)9-6-13/h4,7,10,13H,5-6,8-9,11H2,1-3H3,(H2,17,18,21). The number of anilines is 1. The van der Waals surface area contributed by atoms with Gasteiger partial charge in [0.05, 0.1) is 0 Å². The smallest absolute Gasteiger partial charge is 0.315 e. The zero-order valence-corrected chi connectivity index (χ0v) is 13.1. The summed E-state index contributed by atoms with van der Waals surface area (Å²) in [6, 6.07) is 4.10. The first kappa shape index (κ1) is 15.6. The fourth-order valence-corrected chi connectivity index (χ4v) is 2.39. The largest absolute Gasteiger partial charge is 0.363 e. The second-order valence-corrected chi connectivity index (χ2v) is 5.82. The Labute approximate surface area is 126 Å². The van der Waals surface area contributed by atoms with Crippen LogP contribution >= 0.6 is 0 Å². The highest BCUT2D eigenvalue weighted by Gasteiger charge is 2.18. The highest BCUT2D eigenvalue weighted by atomic mass is 16.2. The van der Waals surface area contributed by atoms with Crippen LogP contribution in [0.3, 0.4) is 0 Å². The first-order chi connectivity index (χ1) is 10.0. The van der Waals surface area contributed by atoms with Crippen LogP contribution in [-0.2, 0) is 6.54 Å². The van der Waals surface area contributed by atoms with Gasteiger partial charge in [-0.25, -0.2) is 9.78 Å². The molecule has 0 radical (unpaired) electrons. The molecular weight excluding hydrogens is 266 g/mol. The summed E-state index contributed by atoms with van der Waals surface area (Å²) in [4.78, 5) is 20.4. The number of nitrogens with one attached hydrogen (secondary N) is 2. The fraction of sp³-hybridized carbons (Fsp3) is 0.600. The third-order valence-corrected chi connectivity index (χ3v) is 3.77. The third kappa shape index (κ3) is 4.90. The molecule has 0 aromatic carbocycles. The Morgan fingerprint density at radius 2 is 2.14 bits per heavy atom. The molecule has 6 nitrogen and oxygen atoms in total. The lowest BCUT2D eigenvalue weighted by atomic mass is 10.1. The van der Waals surface area contributed by atoms with E-state index in [9.17, 15) is 4.79 Å². The minimum absolute atomic E-state index is 0.0900. The maximum Gasteiger partial charge on any atom is 0.315 e. The van der Waals surface area contributed by atoms with Gasteiger partial charge in [0.15, 0.2) is 0 Å². The molecular formula is C15H25N5O. The van der Waals surface area contributed by atoms with Crippen molar-refractivity contribution in [3.63, 3.8) is 0 Å². The first-order valence-corrected chi connectivity index (χ1v) is 7.40. The Balaban J connectivity index is 1.77. The molecule has 0 aliphatic carbocycles. The van der Waals surface area contributed by atoms with Crippen molar-refractivity contribution >= 4 is 11.8 Å². The minimum Gasteiger partial charge on any atom is -0.363 e. The number of rotatable bonds is 4. The number of likely N-dealkylation sites (tertiary alicyclic amines) is 1. The normalized spacial score (nSPS) is 16.5. The van der Waals surface area contributed by atoms with Crippen LogP contribution in [0.15, 0.2) is 18.3 Å². The van der Waals surface area contributed by atoms with Gasteiger partial charge in [-0.3, -0.25) is 0 Å². The van der Waals surface area contributed by atoms with Crippen molar-refractivity contribution in [2.24, 2.45) is 0 Å². The summed E-state index contributed by atoms with van der Waals surface area (Å²) in [5, 5.41) is 5.96. The Morgan fingerprint density at radius 3 is 2.81 bits per heavy atom. The maximum absolute atomic E-state index is 11.9. The zero-order valence-electron chi connectivity index (χ0n) is 13.1. The van der Waals surface area contributed by atoms with E-state index < -0.39 is 0 Å². The molecule has 0 bridgehead atoms. The molecule has 2 N–H and O–H groups in total. The van der Waals surface area contributed by atoms with Crippen LogP contribution in [0, 0.1) is 0 Å². The van der Waals surface area contributed by atoms with Crippen LogP contribution in [0.25, 0.3) is 0 Å². The van der Waals surface area contributed by atoms with E-state index in [1.807, 2.05) is 31.1 Å². The number of aromatic nitrogens is 1. The summed E-state index contributed by atoms with van der Waals surface area (Å²) in [5.41, 5.74) is 1.05. The summed E-state index contributed by atoms with van der Waals surface area (Å²) in [7, 11) is 6.01. The zero-order chi connectivity index (χ0) is 15.2. The van der Waals surface area contributed by atoms with E-state index in [-0.39, 0.29) is 12.1 Å². The number of piperidine rings is 1. The second kappa shape index (κ2) is 7.26. The van der Waals surface area contributed by atoms with Gasteiger partial charge in [-0.05, 0) is 50.7 Å². The van der Waals surface area contributed by atoms with Crippen LogP contribution in [-0.4, -0.2) is 56.2 Å². The van der Waals surface area contributed by atoms with Crippen LogP contribution in [0.5, 0.6) is 0 Å². The number of amides is 2. The summed E-state index contributed by atoms with van der Waals surface area (Å²) < 4.78 is 0. The molecule has 0 spiro atoms. The Kier molecular flexibility index (Phi) is 5.38. The topological polar surface area (TPSA) is 60.5 Å². The molecule has 0 unspecified atom stereocenters. The number of nitrogens with zero attached hydrogens (tertiary/aromatic N) is 3. The molecule has 6 heteroatoms. The van der Waals surface area contributed by atoms with Crippen LogP contribution < -0.4 is 15.5 Å². The molecule has 1 saturated heterocycles. The fourth-order valence-electron chi connectivity index (χ4n) is 2.39. The first-order valence-electron chi connectivity index (χ1n) is 7.40. The molecule has 0 atom stereocenters. The number of pyridine rings is 1. The number of urea groups is 1. The number of carbonyl (C=O) groups excluding carboxylic acids is 1. The van der Waals surface area contributed by atoms with Gasteiger partial charge in [-0.2, -0.15) is 0 Å². The highest BCUT2D eigenvalue weighted by Crippen LogP contribution is 2.10. The van der Waals surface area contributed by atoms with Gasteiger partial charge in [-0.15, -0.1) is 0 Å². The lowest BCUT2D eigenvalue weighted by molar-refractivity contribution is 0.213. The van der Waals surface area contributed by atoms with Crippen molar-refractivity contribution in [1.82, 2.24) is 20.5 Å². The van der Waals surface area contributed by atoms with Gasteiger partial charge >= 0.3 is 6.03 Å². The Bertz CT molecular complexity index is 469. The van der Waals surface area contributed by atoms with E-state index in [0.717, 1.165) is 37.3 Å². The average molecular weight is 291 g/mol. The number of hydrogen-bond acceptors (Lipinski definition) is 4. The van der Waals surface area contributed by atoms with Gasteiger partial charge in [-0.1, -0.05) is 0 Å². The average Bonchev–Trinajstić information content (AvgIpc) is 2.48. The predicted molar refractivity (Wildman–Crippen MR) is 84.5 cm³/mol. The molecule has 0 saturated carbocycles. The van der Waals surface area contributed by atoms with Crippen molar-refractivity contribution in [3.05, 3.63) is 23.9 Å². The second-order valence-electron chi connectivity index (χ2n) is 5.82. The van der Waals surface area contributed by atoms with E-state index in [0.29, 0.717) is 6.54 Å². The molecule has 1 aromatic rings. The van der Waals surface area contributed by atoms with Gasteiger partial charge in [0.25, 0.3) is 0 Å². The summed E-state index contributed by atoms with van der Waals surface area (Å²) in [6.07, 6.45) is 3.80. The molecule has 2 rings (SSSR count). The maximum atomic E-state index is 11.9. The Hall–Kier alpha value is -1.82. The molecule has 116 valence electrons. The minimum atomic E-state index is -0.0900. The molecule has 21 heavy (non-hydrogen) atoms. The SMILES string of the molecule is CN1CCC(NC(=O)NCc2ccnc(N(C)C)c2)CC1. The monoisotopic (exact) mass is 291 g/mol. The van der Waals surface area contributed by atoms with Crippen molar-refractivity contribution in [3.8, 4) is 0 Å². The summed E-state index contributed by atoms with van der Waals surface area (Å²) >= 11 is 0. The number of carbonyl (C=O) groups is 1.